The largest absolute Gasteiger partial charge is 0.508 e. The van der Waals surface area contributed by atoms with Crippen molar-refractivity contribution >= 4 is 5.97 Å². The first-order valence-corrected chi connectivity index (χ1v) is 8.75. The van der Waals surface area contributed by atoms with Crippen LogP contribution in [0, 0.1) is 6.07 Å². The van der Waals surface area contributed by atoms with Crippen LogP contribution < -0.4 is 14.2 Å². The summed E-state index contributed by atoms with van der Waals surface area (Å²) in [6.07, 6.45) is 0. The second-order valence-corrected chi connectivity index (χ2v) is 6.69. The van der Waals surface area contributed by atoms with Crippen molar-refractivity contribution in [3.05, 3.63) is 70.8 Å². The smallest absolute Gasteiger partial charge is 0.340 e. The predicted molar refractivity (Wildman–Crippen MR) is 100.0 cm³/mol. The van der Waals surface area contributed by atoms with E-state index in [0.717, 1.165) is 0 Å². The number of ether oxygens (including phenoxy) is 4. The number of phenolic OH excluding ortho intramolecular Hbond substituents is 2. The first kappa shape index (κ1) is 17.2. The van der Waals surface area contributed by atoms with Crippen molar-refractivity contribution in [3.63, 3.8) is 0 Å². The average molecular weight is 391 g/mol. The Balaban J connectivity index is 1.89. The Morgan fingerprint density at radius 2 is 1.52 bits per heavy atom. The molecule has 0 atom stereocenters. The van der Waals surface area contributed by atoms with Gasteiger partial charge in [-0.3, -0.25) is 0 Å². The number of benzene rings is 3. The first-order chi connectivity index (χ1) is 14.0. The molecule has 5 rings (SSSR count). The lowest BCUT2D eigenvalue weighted by molar-refractivity contribution is 0.0223. The first-order valence-electron chi connectivity index (χ1n) is 8.75. The van der Waals surface area contributed by atoms with E-state index in [9.17, 15) is 15.0 Å². The van der Waals surface area contributed by atoms with Gasteiger partial charge in [0.25, 0.3) is 0 Å². The zero-order chi connectivity index (χ0) is 20.3. The minimum absolute atomic E-state index is 0.00840. The van der Waals surface area contributed by atoms with Crippen LogP contribution >= 0.6 is 0 Å². The van der Waals surface area contributed by atoms with Gasteiger partial charge in [-0.15, -0.1) is 0 Å². The summed E-state index contributed by atoms with van der Waals surface area (Å²) in [5, 5.41) is 19.9. The maximum absolute atomic E-state index is 12.9. The fraction of sp³-hybridized carbons (Fsp3) is 0.136. The SMILES string of the molecule is COc1[c]c2c(cc1OC)C1(OC2=O)c2ccc(O)cc2Oc2cc(O)ccc21. The third kappa shape index (κ3) is 2.21. The van der Waals surface area contributed by atoms with Gasteiger partial charge in [0.1, 0.15) is 23.0 Å². The van der Waals surface area contributed by atoms with Gasteiger partial charge < -0.3 is 29.2 Å². The molecule has 0 unspecified atom stereocenters. The van der Waals surface area contributed by atoms with E-state index >= 15 is 0 Å². The van der Waals surface area contributed by atoms with E-state index in [1.807, 2.05) is 0 Å². The topological polar surface area (TPSA) is 94.5 Å². The number of esters is 1. The van der Waals surface area contributed by atoms with E-state index in [4.69, 9.17) is 18.9 Å². The highest BCUT2D eigenvalue weighted by molar-refractivity contribution is 5.97. The average Bonchev–Trinajstić information content (AvgIpc) is 2.98. The Hall–Kier alpha value is -3.87. The van der Waals surface area contributed by atoms with Crippen molar-refractivity contribution in [1.29, 1.82) is 0 Å². The van der Waals surface area contributed by atoms with Gasteiger partial charge in [-0.2, -0.15) is 0 Å². The lowest BCUT2D eigenvalue weighted by Gasteiger charge is -2.36. The third-order valence-corrected chi connectivity index (χ3v) is 5.17. The molecule has 0 aromatic heterocycles. The van der Waals surface area contributed by atoms with Crippen molar-refractivity contribution in [2.75, 3.05) is 14.2 Å². The Labute approximate surface area is 165 Å². The van der Waals surface area contributed by atoms with E-state index < -0.39 is 11.6 Å². The molecule has 0 amide bonds. The quantitative estimate of drug-likeness (QED) is 0.646. The number of aromatic hydroxyl groups is 2. The minimum atomic E-state index is -1.35. The molecule has 2 aliphatic rings. The Bertz CT molecular complexity index is 1130. The zero-order valence-corrected chi connectivity index (χ0v) is 15.5. The lowest BCUT2D eigenvalue weighted by Crippen LogP contribution is -2.33. The molecule has 1 radical (unpaired) electrons. The zero-order valence-electron chi connectivity index (χ0n) is 15.5. The normalized spacial score (nSPS) is 15.0. The van der Waals surface area contributed by atoms with Crippen LogP contribution in [0.3, 0.4) is 0 Å². The molecule has 2 aliphatic heterocycles. The molecule has 0 bridgehead atoms. The van der Waals surface area contributed by atoms with Gasteiger partial charge >= 0.3 is 5.97 Å². The van der Waals surface area contributed by atoms with Crippen LogP contribution in [0.1, 0.15) is 27.0 Å². The van der Waals surface area contributed by atoms with Crippen LogP contribution in [0.4, 0.5) is 0 Å². The summed E-state index contributed by atoms with van der Waals surface area (Å²) in [5.41, 5.74) is 0.416. The summed E-state index contributed by atoms with van der Waals surface area (Å²) < 4.78 is 22.6. The molecule has 0 saturated heterocycles. The number of rotatable bonds is 2. The predicted octanol–water partition coefficient (Wildman–Crippen LogP) is 3.48. The van der Waals surface area contributed by atoms with Crippen LogP contribution in [-0.4, -0.2) is 30.4 Å². The minimum Gasteiger partial charge on any atom is -0.508 e. The molecule has 2 N–H and O–H groups in total. The molecule has 0 aliphatic carbocycles. The van der Waals surface area contributed by atoms with Crippen LogP contribution in [0.25, 0.3) is 0 Å². The Morgan fingerprint density at radius 3 is 2.07 bits per heavy atom. The number of phenols is 2. The number of hydrogen-bond donors (Lipinski definition) is 2. The van der Waals surface area contributed by atoms with Crippen molar-refractivity contribution < 1.29 is 34.0 Å². The summed E-state index contributed by atoms with van der Waals surface area (Å²) >= 11 is 0. The molecular formula is C22H15O7. The van der Waals surface area contributed by atoms with Crippen LogP contribution in [0.5, 0.6) is 34.5 Å². The Morgan fingerprint density at radius 1 is 0.897 bits per heavy atom. The number of fused-ring (bicyclic) bond motifs is 6. The molecule has 0 fully saturated rings. The summed E-state index contributed by atoms with van der Waals surface area (Å²) in [5.74, 6) is 0.676. The second kappa shape index (κ2) is 5.81. The molecule has 7 nitrogen and oxygen atoms in total. The fourth-order valence-corrected chi connectivity index (χ4v) is 3.93. The maximum atomic E-state index is 12.9. The van der Waals surface area contributed by atoms with Crippen molar-refractivity contribution in [3.8, 4) is 34.5 Å². The van der Waals surface area contributed by atoms with Crippen LogP contribution in [0.15, 0.2) is 42.5 Å². The highest BCUT2D eigenvalue weighted by Crippen LogP contribution is 2.58. The third-order valence-electron chi connectivity index (χ3n) is 5.17. The van der Waals surface area contributed by atoms with E-state index in [1.165, 1.54) is 38.5 Å². The van der Waals surface area contributed by atoms with Gasteiger partial charge in [-0.05, 0) is 30.3 Å². The van der Waals surface area contributed by atoms with E-state index in [1.54, 1.807) is 18.2 Å². The van der Waals surface area contributed by atoms with Crippen LogP contribution in [0.2, 0.25) is 0 Å². The molecular weight excluding hydrogens is 376 g/mol. The summed E-state index contributed by atoms with van der Waals surface area (Å²) in [7, 11) is 2.95. The van der Waals surface area contributed by atoms with E-state index in [-0.39, 0.29) is 22.8 Å². The standard InChI is InChI=1S/C22H15O7/c1-26-19-9-13-16(10-20(19)27-2)22(29-21(13)25)14-5-3-11(23)7-17(14)28-18-8-12(24)4-6-15(18)22/h3-8,10,23-24H,1-2H3. The van der Waals surface area contributed by atoms with E-state index in [2.05, 4.69) is 6.07 Å². The lowest BCUT2D eigenvalue weighted by atomic mass is 9.77. The molecule has 2 heterocycles. The van der Waals surface area contributed by atoms with Gasteiger partial charge in [-0.1, -0.05) is 0 Å². The van der Waals surface area contributed by atoms with Gasteiger partial charge in [0.05, 0.1) is 19.8 Å². The fourth-order valence-electron chi connectivity index (χ4n) is 3.93. The molecule has 1 spiro atoms. The van der Waals surface area contributed by atoms with Crippen molar-refractivity contribution in [1.82, 2.24) is 0 Å². The molecule has 0 saturated carbocycles. The Kier molecular flexibility index (Phi) is 3.46. The van der Waals surface area contributed by atoms with Crippen LogP contribution in [-0.2, 0) is 10.3 Å². The van der Waals surface area contributed by atoms with E-state index in [0.29, 0.717) is 33.9 Å². The number of carbonyl (C=O) groups excluding carboxylic acids is 1. The summed E-state index contributed by atoms with van der Waals surface area (Å²) in [4.78, 5) is 12.9. The summed E-state index contributed by atoms with van der Waals surface area (Å²) in [6.45, 7) is 0. The molecule has 7 heteroatoms. The number of methoxy groups -OCH3 is 2. The number of carbonyl (C=O) groups is 1. The van der Waals surface area contributed by atoms with Gasteiger partial charge in [0.15, 0.2) is 17.1 Å². The second-order valence-electron chi connectivity index (χ2n) is 6.69. The van der Waals surface area contributed by atoms with Gasteiger partial charge in [0, 0.05) is 34.9 Å². The molecule has 29 heavy (non-hydrogen) atoms. The summed E-state index contributed by atoms with van der Waals surface area (Å²) in [6, 6.07) is 13.7. The molecule has 145 valence electrons. The highest BCUT2D eigenvalue weighted by Gasteiger charge is 2.54. The number of hydrogen-bond acceptors (Lipinski definition) is 7. The monoisotopic (exact) mass is 391 g/mol. The molecule has 3 aromatic carbocycles. The van der Waals surface area contributed by atoms with Gasteiger partial charge in [-0.25, -0.2) is 4.79 Å². The van der Waals surface area contributed by atoms with Crippen molar-refractivity contribution in [2.45, 2.75) is 5.60 Å². The maximum Gasteiger partial charge on any atom is 0.340 e. The molecule has 3 aromatic rings. The van der Waals surface area contributed by atoms with Gasteiger partial charge in [0.2, 0.25) is 0 Å². The highest BCUT2D eigenvalue weighted by atomic mass is 16.6. The van der Waals surface area contributed by atoms with Crippen molar-refractivity contribution in [2.24, 2.45) is 0 Å².